The van der Waals surface area contributed by atoms with Gasteiger partial charge in [0.25, 0.3) is 0 Å². The maximum atomic E-state index is 12.6. The van der Waals surface area contributed by atoms with E-state index in [-0.39, 0.29) is 0 Å². The second-order valence-corrected chi connectivity index (χ2v) is 7.21. The van der Waals surface area contributed by atoms with E-state index in [2.05, 4.69) is 47.5 Å². The molecule has 114 valence electrons. The zero-order valence-electron chi connectivity index (χ0n) is 12.6. The first kappa shape index (κ1) is 14.9. The molecule has 3 unspecified atom stereocenters. The average molecular weight is 304 g/mol. The predicted molar refractivity (Wildman–Crippen MR) is 88.7 cm³/mol. The van der Waals surface area contributed by atoms with Crippen LogP contribution in [0.15, 0.2) is 30.3 Å². The highest BCUT2D eigenvalue weighted by molar-refractivity contribution is 7.99. The molecule has 1 amide bonds. The van der Waals surface area contributed by atoms with Crippen LogP contribution in [0.25, 0.3) is 0 Å². The molecule has 2 fully saturated rings. The molecule has 3 nitrogen and oxygen atoms in total. The Labute approximate surface area is 131 Å². The van der Waals surface area contributed by atoms with Crippen molar-refractivity contribution in [3.05, 3.63) is 35.9 Å². The fourth-order valence-electron chi connectivity index (χ4n) is 3.52. The van der Waals surface area contributed by atoms with Gasteiger partial charge in [0.05, 0.1) is 0 Å². The van der Waals surface area contributed by atoms with Gasteiger partial charge in [0.15, 0.2) is 0 Å². The van der Waals surface area contributed by atoms with Gasteiger partial charge in [-0.25, -0.2) is 0 Å². The maximum absolute atomic E-state index is 12.6. The SMILES string of the molecule is CC1C(c2ccccc2)CCN1C(=O)CC1CSCCN1. The lowest BCUT2D eigenvalue weighted by Crippen LogP contribution is -2.43. The normalized spacial score (nSPS) is 29.6. The summed E-state index contributed by atoms with van der Waals surface area (Å²) in [5.41, 5.74) is 1.37. The third-order valence-electron chi connectivity index (χ3n) is 4.72. The predicted octanol–water partition coefficient (Wildman–Crippen LogP) is 2.49. The first-order valence-corrected chi connectivity index (χ1v) is 9.06. The Hall–Kier alpha value is -1.000. The van der Waals surface area contributed by atoms with Gasteiger partial charge in [-0.15, -0.1) is 0 Å². The lowest BCUT2D eigenvalue weighted by molar-refractivity contribution is -0.132. The largest absolute Gasteiger partial charge is 0.339 e. The van der Waals surface area contributed by atoms with Crippen molar-refractivity contribution in [1.29, 1.82) is 0 Å². The molecule has 2 saturated heterocycles. The number of carbonyl (C=O) groups is 1. The Balaban J connectivity index is 1.60. The van der Waals surface area contributed by atoms with Gasteiger partial charge >= 0.3 is 0 Å². The zero-order chi connectivity index (χ0) is 14.7. The maximum Gasteiger partial charge on any atom is 0.224 e. The molecule has 2 heterocycles. The summed E-state index contributed by atoms with van der Waals surface area (Å²) in [5.74, 6) is 3.04. The van der Waals surface area contributed by atoms with E-state index in [9.17, 15) is 4.79 Å². The Kier molecular flexibility index (Phi) is 4.86. The number of nitrogens with zero attached hydrogens (tertiary/aromatic N) is 1. The summed E-state index contributed by atoms with van der Waals surface area (Å²) in [7, 11) is 0. The molecule has 2 aliphatic heterocycles. The number of benzene rings is 1. The molecule has 0 saturated carbocycles. The fraction of sp³-hybridized carbons (Fsp3) is 0.588. The Morgan fingerprint density at radius 3 is 2.90 bits per heavy atom. The number of rotatable bonds is 3. The molecule has 21 heavy (non-hydrogen) atoms. The van der Waals surface area contributed by atoms with E-state index in [1.807, 2.05) is 11.8 Å². The van der Waals surface area contributed by atoms with Crippen molar-refractivity contribution in [3.8, 4) is 0 Å². The van der Waals surface area contributed by atoms with Gasteiger partial charge in [-0.2, -0.15) is 11.8 Å². The summed E-state index contributed by atoms with van der Waals surface area (Å²) in [6.07, 6.45) is 1.74. The van der Waals surface area contributed by atoms with E-state index in [0.717, 1.165) is 25.3 Å². The molecule has 0 aliphatic carbocycles. The van der Waals surface area contributed by atoms with E-state index < -0.39 is 0 Å². The van der Waals surface area contributed by atoms with Crippen LogP contribution < -0.4 is 5.32 Å². The highest BCUT2D eigenvalue weighted by Gasteiger charge is 2.35. The number of amides is 1. The number of hydrogen-bond donors (Lipinski definition) is 1. The van der Waals surface area contributed by atoms with Crippen LogP contribution >= 0.6 is 11.8 Å². The molecule has 1 aromatic carbocycles. The third-order valence-corrected chi connectivity index (χ3v) is 5.85. The van der Waals surface area contributed by atoms with Crippen LogP contribution in [-0.2, 0) is 4.79 Å². The van der Waals surface area contributed by atoms with Crippen molar-refractivity contribution in [2.75, 3.05) is 24.6 Å². The van der Waals surface area contributed by atoms with Crippen molar-refractivity contribution in [2.45, 2.75) is 37.8 Å². The molecule has 1 N–H and O–H groups in total. The molecule has 3 rings (SSSR count). The molecule has 2 aliphatic rings. The summed E-state index contributed by atoms with van der Waals surface area (Å²) in [6, 6.07) is 11.3. The van der Waals surface area contributed by atoms with Gasteiger partial charge in [0.1, 0.15) is 0 Å². The fourth-order valence-corrected chi connectivity index (χ4v) is 4.47. The Bertz CT molecular complexity index is 473. The Morgan fingerprint density at radius 2 is 2.19 bits per heavy atom. The standard InChI is InChI=1S/C17H24N2OS/c1-13-16(14-5-3-2-4-6-14)7-9-19(13)17(20)11-15-12-21-10-8-18-15/h2-6,13,15-16,18H,7-12H2,1H3. The molecule has 4 heteroatoms. The quantitative estimate of drug-likeness (QED) is 0.931. The lowest BCUT2D eigenvalue weighted by Gasteiger charge is -2.28. The number of likely N-dealkylation sites (tertiary alicyclic amines) is 1. The van der Waals surface area contributed by atoms with Gasteiger partial charge in [-0.1, -0.05) is 30.3 Å². The molecule has 1 aromatic rings. The minimum Gasteiger partial charge on any atom is -0.339 e. The smallest absolute Gasteiger partial charge is 0.224 e. The van der Waals surface area contributed by atoms with E-state index in [1.54, 1.807) is 0 Å². The molecule has 0 spiro atoms. The molecular weight excluding hydrogens is 280 g/mol. The average Bonchev–Trinajstić information content (AvgIpc) is 2.91. The summed E-state index contributed by atoms with van der Waals surface area (Å²) in [4.78, 5) is 14.7. The van der Waals surface area contributed by atoms with Crippen molar-refractivity contribution >= 4 is 17.7 Å². The van der Waals surface area contributed by atoms with E-state index in [0.29, 0.717) is 30.3 Å². The molecule has 0 aromatic heterocycles. The zero-order valence-corrected chi connectivity index (χ0v) is 13.4. The van der Waals surface area contributed by atoms with Crippen LogP contribution in [-0.4, -0.2) is 47.5 Å². The van der Waals surface area contributed by atoms with Gasteiger partial charge in [-0.05, 0) is 18.9 Å². The first-order chi connectivity index (χ1) is 10.3. The second kappa shape index (κ2) is 6.84. The topological polar surface area (TPSA) is 32.3 Å². The van der Waals surface area contributed by atoms with E-state index in [4.69, 9.17) is 0 Å². The van der Waals surface area contributed by atoms with Crippen LogP contribution in [0, 0.1) is 0 Å². The lowest BCUT2D eigenvalue weighted by atomic mass is 9.93. The summed E-state index contributed by atoms with van der Waals surface area (Å²) in [6.45, 7) is 4.13. The number of carbonyl (C=O) groups excluding carboxylic acids is 1. The second-order valence-electron chi connectivity index (χ2n) is 6.06. The van der Waals surface area contributed by atoms with Crippen molar-refractivity contribution in [3.63, 3.8) is 0 Å². The number of hydrogen-bond acceptors (Lipinski definition) is 3. The summed E-state index contributed by atoms with van der Waals surface area (Å²) < 4.78 is 0. The minimum atomic E-state index is 0.316. The van der Waals surface area contributed by atoms with E-state index in [1.165, 1.54) is 11.3 Å². The third kappa shape index (κ3) is 3.43. The molecule has 0 radical (unpaired) electrons. The van der Waals surface area contributed by atoms with Crippen molar-refractivity contribution < 1.29 is 4.79 Å². The van der Waals surface area contributed by atoms with Gasteiger partial charge < -0.3 is 10.2 Å². The van der Waals surface area contributed by atoms with E-state index >= 15 is 0 Å². The van der Waals surface area contributed by atoms with Crippen molar-refractivity contribution in [1.82, 2.24) is 10.2 Å². The van der Waals surface area contributed by atoms with Crippen LogP contribution in [0.4, 0.5) is 0 Å². The summed E-state index contributed by atoms with van der Waals surface area (Å²) in [5, 5.41) is 3.46. The molecule has 3 atom stereocenters. The summed E-state index contributed by atoms with van der Waals surface area (Å²) >= 11 is 1.95. The van der Waals surface area contributed by atoms with Crippen LogP contribution in [0.3, 0.4) is 0 Å². The number of thioether (sulfide) groups is 1. The minimum absolute atomic E-state index is 0.316. The molecular formula is C17H24N2OS. The van der Waals surface area contributed by atoms with Gasteiger partial charge in [-0.3, -0.25) is 4.79 Å². The number of nitrogens with one attached hydrogen (secondary N) is 1. The van der Waals surface area contributed by atoms with Crippen LogP contribution in [0.1, 0.15) is 31.2 Å². The molecule has 0 bridgehead atoms. The van der Waals surface area contributed by atoms with Crippen LogP contribution in [0.5, 0.6) is 0 Å². The highest BCUT2D eigenvalue weighted by atomic mass is 32.2. The van der Waals surface area contributed by atoms with Crippen molar-refractivity contribution in [2.24, 2.45) is 0 Å². The van der Waals surface area contributed by atoms with Gasteiger partial charge in [0.2, 0.25) is 5.91 Å². The Morgan fingerprint density at radius 1 is 1.38 bits per heavy atom. The van der Waals surface area contributed by atoms with Gasteiger partial charge in [0, 0.05) is 49.0 Å². The first-order valence-electron chi connectivity index (χ1n) is 7.91. The van der Waals surface area contributed by atoms with Crippen LogP contribution in [0.2, 0.25) is 0 Å². The monoisotopic (exact) mass is 304 g/mol. The highest BCUT2D eigenvalue weighted by Crippen LogP contribution is 2.33.